The first-order valence-electron chi connectivity index (χ1n) is 5.73. The summed E-state index contributed by atoms with van der Waals surface area (Å²) in [7, 11) is 0. The van der Waals surface area contributed by atoms with E-state index in [0.717, 1.165) is 41.9 Å². The number of pyridine rings is 1. The van der Waals surface area contributed by atoms with Crippen molar-refractivity contribution < 1.29 is 0 Å². The second-order valence-corrected chi connectivity index (χ2v) is 4.48. The molecule has 2 aromatic heterocycles. The molecule has 2 aromatic rings. The molecule has 0 saturated carbocycles. The van der Waals surface area contributed by atoms with E-state index >= 15 is 0 Å². The van der Waals surface area contributed by atoms with Gasteiger partial charge in [-0.1, -0.05) is 0 Å². The van der Waals surface area contributed by atoms with Crippen LogP contribution in [0.2, 0.25) is 0 Å². The minimum atomic E-state index is 0.125. The Kier molecular flexibility index (Phi) is 2.22. The summed E-state index contributed by atoms with van der Waals surface area (Å²) in [6.07, 6.45) is 2.77. The molecule has 1 aliphatic heterocycles. The van der Waals surface area contributed by atoms with Crippen molar-refractivity contribution >= 4 is 16.7 Å². The van der Waals surface area contributed by atoms with Gasteiger partial charge >= 0.3 is 0 Å². The first-order valence-corrected chi connectivity index (χ1v) is 5.73. The molecule has 1 atom stereocenters. The van der Waals surface area contributed by atoms with Gasteiger partial charge in [0.05, 0.1) is 22.9 Å². The van der Waals surface area contributed by atoms with Crippen molar-refractivity contribution in [1.29, 1.82) is 5.26 Å². The number of aromatic nitrogens is 3. The van der Waals surface area contributed by atoms with Gasteiger partial charge in [-0.15, -0.1) is 0 Å². The maximum atomic E-state index is 8.91. The van der Waals surface area contributed by atoms with Crippen LogP contribution in [0.4, 0.5) is 5.82 Å². The second kappa shape index (κ2) is 3.74. The third kappa shape index (κ3) is 1.62. The molecule has 5 heteroatoms. The van der Waals surface area contributed by atoms with Gasteiger partial charge in [-0.25, -0.2) is 0 Å². The Morgan fingerprint density at radius 2 is 2.47 bits per heavy atom. The molecule has 1 N–H and O–H groups in total. The number of H-pyrrole nitrogens is 1. The number of nitrogens with one attached hydrogen (secondary N) is 1. The van der Waals surface area contributed by atoms with Crippen molar-refractivity contribution in [2.45, 2.75) is 13.3 Å². The predicted molar refractivity (Wildman–Crippen MR) is 64.6 cm³/mol. The van der Waals surface area contributed by atoms with Crippen LogP contribution < -0.4 is 4.90 Å². The SMILES string of the molecule is Cc1cc2[nH]nc(N3CCC(C#N)C3)c2cn1. The van der Waals surface area contributed by atoms with Gasteiger partial charge in [0.25, 0.3) is 0 Å². The molecule has 5 nitrogen and oxygen atoms in total. The van der Waals surface area contributed by atoms with Gasteiger partial charge in [0, 0.05) is 25.0 Å². The number of nitrogens with zero attached hydrogens (tertiary/aromatic N) is 4. The van der Waals surface area contributed by atoms with E-state index in [4.69, 9.17) is 5.26 Å². The van der Waals surface area contributed by atoms with Crippen molar-refractivity contribution in [3.05, 3.63) is 18.0 Å². The van der Waals surface area contributed by atoms with E-state index < -0.39 is 0 Å². The normalized spacial score (nSPS) is 19.8. The monoisotopic (exact) mass is 227 g/mol. The average Bonchev–Trinajstić information content (AvgIpc) is 2.93. The lowest BCUT2D eigenvalue weighted by molar-refractivity contribution is 0.754. The van der Waals surface area contributed by atoms with Crippen LogP contribution in [0.5, 0.6) is 0 Å². The third-order valence-corrected chi connectivity index (χ3v) is 3.23. The first kappa shape index (κ1) is 10.1. The molecular formula is C12H13N5. The summed E-state index contributed by atoms with van der Waals surface area (Å²) >= 11 is 0. The number of hydrogen-bond donors (Lipinski definition) is 1. The molecule has 0 aliphatic carbocycles. The Balaban J connectivity index is 1.99. The number of nitriles is 1. The molecule has 0 spiro atoms. The summed E-state index contributed by atoms with van der Waals surface area (Å²) in [5.74, 6) is 1.05. The third-order valence-electron chi connectivity index (χ3n) is 3.23. The second-order valence-electron chi connectivity index (χ2n) is 4.48. The first-order chi connectivity index (χ1) is 8.28. The Labute approximate surface area is 99.1 Å². The van der Waals surface area contributed by atoms with Gasteiger partial charge in [-0.05, 0) is 19.4 Å². The van der Waals surface area contributed by atoms with Crippen molar-refractivity contribution in [2.24, 2.45) is 5.92 Å². The minimum Gasteiger partial charge on any atom is -0.353 e. The van der Waals surface area contributed by atoms with Crippen LogP contribution in [0.25, 0.3) is 10.9 Å². The highest BCUT2D eigenvalue weighted by Crippen LogP contribution is 2.28. The average molecular weight is 227 g/mol. The summed E-state index contributed by atoms with van der Waals surface area (Å²) in [5.41, 5.74) is 1.98. The van der Waals surface area contributed by atoms with Gasteiger partial charge in [0.2, 0.25) is 0 Å². The molecule has 1 fully saturated rings. The lowest BCUT2D eigenvalue weighted by atomic mass is 10.1. The highest BCUT2D eigenvalue weighted by molar-refractivity contribution is 5.89. The number of hydrogen-bond acceptors (Lipinski definition) is 4. The maximum Gasteiger partial charge on any atom is 0.159 e. The zero-order valence-electron chi connectivity index (χ0n) is 9.64. The predicted octanol–water partition coefficient (Wildman–Crippen LogP) is 1.62. The number of anilines is 1. The molecule has 3 heterocycles. The van der Waals surface area contributed by atoms with Crippen LogP contribution in [0.1, 0.15) is 12.1 Å². The highest BCUT2D eigenvalue weighted by Gasteiger charge is 2.25. The fraction of sp³-hybridized carbons (Fsp3) is 0.417. The van der Waals surface area contributed by atoms with Gasteiger partial charge < -0.3 is 4.90 Å². The summed E-state index contributed by atoms with van der Waals surface area (Å²) in [5, 5.41) is 17.3. The number of rotatable bonds is 1. The van der Waals surface area contributed by atoms with E-state index in [9.17, 15) is 0 Å². The smallest absolute Gasteiger partial charge is 0.159 e. The van der Waals surface area contributed by atoms with Crippen molar-refractivity contribution in [2.75, 3.05) is 18.0 Å². The maximum absolute atomic E-state index is 8.91. The molecule has 1 unspecified atom stereocenters. The number of aromatic amines is 1. The summed E-state index contributed by atoms with van der Waals surface area (Å²) in [4.78, 5) is 6.46. The van der Waals surface area contributed by atoms with Crippen LogP contribution in [-0.2, 0) is 0 Å². The summed E-state index contributed by atoms with van der Waals surface area (Å²) in [6.45, 7) is 3.62. The van der Waals surface area contributed by atoms with Crippen molar-refractivity contribution in [3.8, 4) is 6.07 Å². The Bertz CT molecular complexity index is 594. The molecular weight excluding hydrogens is 214 g/mol. The fourth-order valence-corrected chi connectivity index (χ4v) is 2.30. The van der Waals surface area contributed by atoms with Gasteiger partial charge in [-0.3, -0.25) is 10.1 Å². The van der Waals surface area contributed by atoms with Crippen LogP contribution in [-0.4, -0.2) is 28.3 Å². The molecule has 86 valence electrons. The molecule has 0 amide bonds. The molecule has 17 heavy (non-hydrogen) atoms. The van der Waals surface area contributed by atoms with Crippen LogP contribution >= 0.6 is 0 Å². The highest BCUT2D eigenvalue weighted by atomic mass is 15.3. The van der Waals surface area contributed by atoms with Gasteiger partial charge in [0.1, 0.15) is 0 Å². The van der Waals surface area contributed by atoms with E-state index in [1.54, 1.807) is 0 Å². The zero-order valence-corrected chi connectivity index (χ0v) is 9.64. The molecule has 0 radical (unpaired) electrons. The van der Waals surface area contributed by atoms with Crippen LogP contribution in [0.3, 0.4) is 0 Å². The van der Waals surface area contributed by atoms with Gasteiger partial charge in [-0.2, -0.15) is 10.4 Å². The fourth-order valence-electron chi connectivity index (χ4n) is 2.30. The van der Waals surface area contributed by atoms with Crippen molar-refractivity contribution in [1.82, 2.24) is 15.2 Å². The van der Waals surface area contributed by atoms with E-state index in [-0.39, 0.29) is 5.92 Å². The zero-order chi connectivity index (χ0) is 11.8. The Morgan fingerprint density at radius 1 is 1.59 bits per heavy atom. The topological polar surface area (TPSA) is 68.6 Å². The molecule has 0 bridgehead atoms. The minimum absolute atomic E-state index is 0.125. The van der Waals surface area contributed by atoms with E-state index in [2.05, 4.69) is 26.2 Å². The molecule has 3 rings (SSSR count). The summed E-state index contributed by atoms with van der Waals surface area (Å²) in [6, 6.07) is 4.31. The number of fused-ring (bicyclic) bond motifs is 1. The standard InChI is InChI=1S/C12H13N5/c1-8-4-11-10(6-14-8)12(16-15-11)17-3-2-9(5-13)7-17/h4,6,9H,2-3,7H2,1H3,(H,15,16). The van der Waals surface area contributed by atoms with Gasteiger partial charge in [0.15, 0.2) is 5.82 Å². The quantitative estimate of drug-likeness (QED) is 0.803. The molecule has 0 aromatic carbocycles. The van der Waals surface area contributed by atoms with Crippen molar-refractivity contribution in [3.63, 3.8) is 0 Å². The van der Waals surface area contributed by atoms with E-state index in [1.807, 2.05) is 19.2 Å². The lowest BCUT2D eigenvalue weighted by Gasteiger charge is -2.14. The lowest BCUT2D eigenvalue weighted by Crippen LogP contribution is -2.19. The largest absolute Gasteiger partial charge is 0.353 e. The molecule has 1 aliphatic rings. The van der Waals surface area contributed by atoms with Crippen LogP contribution in [0.15, 0.2) is 12.3 Å². The van der Waals surface area contributed by atoms with E-state index in [0.29, 0.717) is 0 Å². The van der Waals surface area contributed by atoms with E-state index in [1.165, 1.54) is 0 Å². The number of aryl methyl sites for hydroxylation is 1. The Hall–Kier alpha value is -2.09. The molecule has 1 saturated heterocycles. The van der Waals surface area contributed by atoms with Crippen LogP contribution in [0, 0.1) is 24.2 Å². The summed E-state index contributed by atoms with van der Waals surface area (Å²) < 4.78 is 0. The Morgan fingerprint density at radius 3 is 3.24 bits per heavy atom.